The van der Waals surface area contributed by atoms with Gasteiger partial charge in [0.2, 0.25) is 0 Å². The Labute approximate surface area is 131 Å². The topological polar surface area (TPSA) is 37.8 Å². The van der Waals surface area contributed by atoms with Gasteiger partial charge in [-0.05, 0) is 36.6 Å². The van der Waals surface area contributed by atoms with Gasteiger partial charge in [0, 0.05) is 29.6 Å². The molecule has 0 unspecified atom stereocenters. The number of aryl methyl sites for hydroxylation is 1. The summed E-state index contributed by atoms with van der Waals surface area (Å²) in [6.07, 6.45) is 4.93. The molecule has 0 amide bonds. The molecule has 1 N–H and O–H groups in total. The second-order valence-corrected chi connectivity index (χ2v) is 8.64. The number of hydrogen-bond acceptors (Lipinski definition) is 6. The SMILES string of the molecule is c1c(-c2nnc(CCNC3CC3)s2)sc2c1CSCC2. The lowest BCUT2D eigenvalue weighted by Gasteiger charge is -2.08. The summed E-state index contributed by atoms with van der Waals surface area (Å²) in [4.78, 5) is 2.88. The number of thioether (sulfide) groups is 1. The van der Waals surface area contributed by atoms with Gasteiger partial charge in [-0.2, -0.15) is 11.8 Å². The third-order valence-corrected chi connectivity index (χ3v) is 7.05. The van der Waals surface area contributed by atoms with Gasteiger partial charge in [-0.1, -0.05) is 11.3 Å². The van der Waals surface area contributed by atoms with Crippen LogP contribution < -0.4 is 5.32 Å². The molecule has 0 saturated heterocycles. The largest absolute Gasteiger partial charge is 0.314 e. The Morgan fingerprint density at radius 3 is 3.05 bits per heavy atom. The maximum absolute atomic E-state index is 4.39. The van der Waals surface area contributed by atoms with E-state index in [9.17, 15) is 0 Å². The predicted molar refractivity (Wildman–Crippen MR) is 87.8 cm³/mol. The minimum absolute atomic E-state index is 0.781. The number of nitrogens with zero attached hydrogens (tertiary/aromatic N) is 2. The summed E-state index contributed by atoms with van der Waals surface area (Å²) < 4.78 is 0. The molecular formula is C14H17N3S3. The monoisotopic (exact) mass is 323 g/mol. The van der Waals surface area contributed by atoms with E-state index in [0.29, 0.717) is 0 Å². The molecule has 0 spiro atoms. The van der Waals surface area contributed by atoms with Crippen LogP contribution in [0.15, 0.2) is 6.07 Å². The van der Waals surface area contributed by atoms with Crippen molar-refractivity contribution in [2.24, 2.45) is 0 Å². The molecule has 1 fully saturated rings. The van der Waals surface area contributed by atoms with Crippen LogP contribution in [-0.2, 0) is 18.6 Å². The first kappa shape index (κ1) is 13.2. The highest BCUT2D eigenvalue weighted by atomic mass is 32.2. The molecule has 0 radical (unpaired) electrons. The van der Waals surface area contributed by atoms with Crippen molar-refractivity contribution in [3.8, 4) is 9.88 Å². The lowest BCUT2D eigenvalue weighted by molar-refractivity contribution is 0.677. The van der Waals surface area contributed by atoms with Gasteiger partial charge in [0.15, 0.2) is 5.01 Å². The van der Waals surface area contributed by atoms with Crippen LogP contribution in [0.3, 0.4) is 0 Å². The van der Waals surface area contributed by atoms with Crippen LogP contribution >= 0.6 is 34.4 Å². The van der Waals surface area contributed by atoms with Gasteiger partial charge in [-0.15, -0.1) is 21.5 Å². The molecule has 0 atom stereocenters. The van der Waals surface area contributed by atoms with Gasteiger partial charge >= 0.3 is 0 Å². The zero-order valence-corrected chi connectivity index (χ0v) is 13.7. The van der Waals surface area contributed by atoms with Gasteiger partial charge < -0.3 is 5.32 Å². The van der Waals surface area contributed by atoms with E-state index in [-0.39, 0.29) is 0 Å². The van der Waals surface area contributed by atoms with E-state index in [2.05, 4.69) is 21.6 Å². The van der Waals surface area contributed by atoms with Gasteiger partial charge in [0.25, 0.3) is 0 Å². The predicted octanol–water partition coefficient (Wildman–Crippen LogP) is 3.35. The van der Waals surface area contributed by atoms with Crippen molar-refractivity contribution in [3.05, 3.63) is 21.5 Å². The summed E-state index contributed by atoms with van der Waals surface area (Å²) in [5.74, 6) is 2.43. The highest BCUT2D eigenvalue weighted by Crippen LogP contribution is 2.37. The lowest BCUT2D eigenvalue weighted by atomic mass is 10.2. The van der Waals surface area contributed by atoms with Crippen molar-refractivity contribution < 1.29 is 0 Å². The van der Waals surface area contributed by atoms with Gasteiger partial charge in [0.05, 0.1) is 4.88 Å². The van der Waals surface area contributed by atoms with Crippen LogP contribution in [0, 0.1) is 0 Å². The van der Waals surface area contributed by atoms with Crippen molar-refractivity contribution in [3.63, 3.8) is 0 Å². The van der Waals surface area contributed by atoms with E-state index in [1.54, 1.807) is 16.2 Å². The molecule has 2 aliphatic rings. The van der Waals surface area contributed by atoms with E-state index in [1.807, 2.05) is 23.1 Å². The first-order chi connectivity index (χ1) is 9.88. The fraction of sp³-hybridized carbons (Fsp3) is 0.571. The zero-order valence-electron chi connectivity index (χ0n) is 11.2. The summed E-state index contributed by atoms with van der Waals surface area (Å²) in [6.45, 7) is 1.04. The third kappa shape index (κ3) is 2.93. The molecule has 0 bridgehead atoms. The molecule has 0 aromatic carbocycles. The van der Waals surface area contributed by atoms with Crippen LogP contribution in [-0.4, -0.2) is 28.5 Å². The molecule has 3 nitrogen and oxygen atoms in total. The van der Waals surface area contributed by atoms with Crippen molar-refractivity contribution >= 4 is 34.4 Å². The zero-order chi connectivity index (χ0) is 13.4. The summed E-state index contributed by atoms with van der Waals surface area (Å²) in [5.41, 5.74) is 1.52. The standard InChI is InChI=1S/C14H17N3S3/c1-2-10(1)15-5-3-13-16-17-14(20-13)12-7-9-8-18-6-4-11(9)19-12/h7,10,15H,1-6,8H2. The van der Waals surface area contributed by atoms with E-state index >= 15 is 0 Å². The first-order valence-electron chi connectivity index (χ1n) is 7.14. The fourth-order valence-electron chi connectivity index (χ4n) is 2.38. The molecule has 4 rings (SSSR count). The Balaban J connectivity index is 1.44. The maximum atomic E-state index is 4.39. The molecule has 6 heteroatoms. The van der Waals surface area contributed by atoms with Crippen LogP contribution in [0.2, 0.25) is 0 Å². The lowest BCUT2D eigenvalue weighted by Crippen LogP contribution is -2.19. The summed E-state index contributed by atoms with van der Waals surface area (Å²) in [7, 11) is 0. The highest BCUT2D eigenvalue weighted by molar-refractivity contribution is 7.98. The van der Waals surface area contributed by atoms with Crippen molar-refractivity contribution in [2.45, 2.75) is 37.5 Å². The van der Waals surface area contributed by atoms with E-state index < -0.39 is 0 Å². The Hall–Kier alpha value is -0.430. The quantitative estimate of drug-likeness (QED) is 0.916. The van der Waals surface area contributed by atoms with Crippen LogP contribution in [0.25, 0.3) is 9.88 Å². The Morgan fingerprint density at radius 1 is 1.25 bits per heavy atom. The van der Waals surface area contributed by atoms with Gasteiger partial charge in [0.1, 0.15) is 5.01 Å². The van der Waals surface area contributed by atoms with Gasteiger partial charge in [-0.3, -0.25) is 0 Å². The van der Waals surface area contributed by atoms with Crippen LogP contribution in [0.4, 0.5) is 0 Å². The molecule has 2 aromatic heterocycles. The molecule has 1 saturated carbocycles. The van der Waals surface area contributed by atoms with Gasteiger partial charge in [-0.25, -0.2) is 0 Å². The van der Waals surface area contributed by atoms with Crippen molar-refractivity contribution in [1.82, 2.24) is 15.5 Å². The molecule has 1 aliphatic heterocycles. The van der Waals surface area contributed by atoms with E-state index in [4.69, 9.17) is 0 Å². The number of hydrogen-bond donors (Lipinski definition) is 1. The minimum Gasteiger partial charge on any atom is -0.314 e. The number of nitrogens with one attached hydrogen (secondary N) is 1. The fourth-order valence-corrected chi connectivity index (χ4v) is 5.63. The molecule has 2 aromatic rings. The highest BCUT2D eigenvalue weighted by Gasteiger charge is 2.20. The van der Waals surface area contributed by atoms with Crippen LogP contribution in [0.1, 0.15) is 28.3 Å². The normalized spacial score (nSPS) is 18.2. The Kier molecular flexibility index (Phi) is 3.81. The van der Waals surface area contributed by atoms with Crippen molar-refractivity contribution in [2.75, 3.05) is 12.3 Å². The van der Waals surface area contributed by atoms with Crippen molar-refractivity contribution in [1.29, 1.82) is 0 Å². The summed E-state index contributed by atoms with van der Waals surface area (Å²) in [6, 6.07) is 3.11. The van der Waals surface area contributed by atoms with E-state index in [1.165, 1.54) is 41.2 Å². The third-order valence-electron chi connectivity index (χ3n) is 3.65. The average Bonchev–Trinajstić information content (AvgIpc) is 3.01. The number of thiophene rings is 1. The number of aromatic nitrogens is 2. The smallest absolute Gasteiger partial charge is 0.157 e. The Bertz CT molecular complexity index is 577. The second-order valence-electron chi connectivity index (χ2n) is 5.34. The maximum Gasteiger partial charge on any atom is 0.157 e. The molecule has 106 valence electrons. The average molecular weight is 324 g/mol. The van der Waals surface area contributed by atoms with E-state index in [0.717, 1.165) is 29.0 Å². The minimum atomic E-state index is 0.781. The molecule has 1 aliphatic carbocycles. The first-order valence-corrected chi connectivity index (χ1v) is 9.93. The number of rotatable bonds is 5. The molecule has 20 heavy (non-hydrogen) atoms. The van der Waals surface area contributed by atoms with Crippen LogP contribution in [0.5, 0.6) is 0 Å². The Morgan fingerprint density at radius 2 is 2.20 bits per heavy atom. The number of fused-ring (bicyclic) bond motifs is 1. The molecule has 3 heterocycles. The second kappa shape index (κ2) is 5.75. The molecular weight excluding hydrogens is 306 g/mol. The summed E-state index contributed by atoms with van der Waals surface area (Å²) >= 11 is 5.72. The summed E-state index contributed by atoms with van der Waals surface area (Å²) in [5, 5.41) is 14.5.